The first-order chi connectivity index (χ1) is 15.2. The van der Waals surface area contributed by atoms with Crippen molar-refractivity contribution >= 4 is 16.9 Å². The standard InChI is InChI=1S/C24H21N5O2/c25-11-16-5-7-17(8-6-16)12-26-24(30)22-10-20-21(28-15-27-20)14-29(22)13-19-9-18-3-1-2-4-23(18)31-19/h1-9,15,22H,10,12-14H2,(H,26,30)(H,27,28). The molecule has 2 aromatic carbocycles. The van der Waals surface area contributed by atoms with Gasteiger partial charge < -0.3 is 14.7 Å². The monoisotopic (exact) mass is 411 g/mol. The number of aromatic amines is 1. The van der Waals surface area contributed by atoms with Crippen LogP contribution in [0.5, 0.6) is 0 Å². The van der Waals surface area contributed by atoms with Crippen LogP contribution in [0.4, 0.5) is 0 Å². The van der Waals surface area contributed by atoms with Crippen LogP contribution in [0, 0.1) is 11.3 Å². The lowest BCUT2D eigenvalue weighted by atomic mass is 10.0. The average Bonchev–Trinajstić information content (AvgIpc) is 3.43. The Labute approximate surface area is 179 Å². The van der Waals surface area contributed by atoms with Gasteiger partial charge in [0.05, 0.1) is 41.9 Å². The van der Waals surface area contributed by atoms with Crippen LogP contribution in [0.2, 0.25) is 0 Å². The molecule has 2 N–H and O–H groups in total. The second-order valence-electron chi connectivity index (χ2n) is 7.73. The van der Waals surface area contributed by atoms with Gasteiger partial charge >= 0.3 is 0 Å². The molecule has 4 aromatic rings. The molecule has 0 saturated carbocycles. The van der Waals surface area contributed by atoms with Gasteiger partial charge in [0.25, 0.3) is 0 Å². The summed E-state index contributed by atoms with van der Waals surface area (Å²) in [6, 6.07) is 18.9. The number of furan rings is 1. The van der Waals surface area contributed by atoms with E-state index in [1.165, 1.54) is 0 Å². The summed E-state index contributed by atoms with van der Waals surface area (Å²) < 4.78 is 5.99. The number of fused-ring (bicyclic) bond motifs is 2. The molecular formula is C24H21N5O2. The molecule has 0 saturated heterocycles. The molecule has 0 bridgehead atoms. The number of nitrogens with one attached hydrogen (secondary N) is 2. The van der Waals surface area contributed by atoms with Crippen LogP contribution >= 0.6 is 0 Å². The molecule has 154 valence electrons. The van der Waals surface area contributed by atoms with Crippen LogP contribution in [0.3, 0.4) is 0 Å². The number of benzene rings is 2. The molecule has 0 spiro atoms. The minimum atomic E-state index is -0.345. The van der Waals surface area contributed by atoms with E-state index in [1.807, 2.05) is 42.5 Å². The Morgan fingerprint density at radius 2 is 2.10 bits per heavy atom. The highest BCUT2D eigenvalue weighted by atomic mass is 16.3. The van der Waals surface area contributed by atoms with Crippen molar-refractivity contribution in [2.45, 2.75) is 32.1 Å². The minimum Gasteiger partial charge on any atom is -0.460 e. The number of rotatable bonds is 5. The molecule has 1 unspecified atom stereocenters. The molecule has 0 radical (unpaired) electrons. The Morgan fingerprint density at radius 3 is 2.90 bits per heavy atom. The van der Waals surface area contributed by atoms with Crippen molar-refractivity contribution in [2.24, 2.45) is 0 Å². The zero-order valence-corrected chi connectivity index (χ0v) is 16.8. The van der Waals surface area contributed by atoms with Crippen molar-refractivity contribution in [3.05, 3.63) is 89.2 Å². The minimum absolute atomic E-state index is 0.0471. The number of nitrogens with zero attached hydrogens (tertiary/aromatic N) is 3. The zero-order valence-electron chi connectivity index (χ0n) is 16.8. The van der Waals surface area contributed by atoms with E-state index in [2.05, 4.69) is 26.3 Å². The normalized spacial score (nSPS) is 16.0. The molecular weight excluding hydrogens is 390 g/mol. The van der Waals surface area contributed by atoms with Gasteiger partial charge in [-0.15, -0.1) is 0 Å². The summed E-state index contributed by atoms with van der Waals surface area (Å²) in [5.41, 5.74) is 4.36. The van der Waals surface area contributed by atoms with E-state index in [4.69, 9.17) is 9.68 Å². The van der Waals surface area contributed by atoms with Gasteiger partial charge in [0.2, 0.25) is 5.91 Å². The average molecular weight is 411 g/mol. The van der Waals surface area contributed by atoms with Crippen molar-refractivity contribution in [1.82, 2.24) is 20.2 Å². The first-order valence-corrected chi connectivity index (χ1v) is 10.2. The van der Waals surface area contributed by atoms with E-state index in [-0.39, 0.29) is 11.9 Å². The van der Waals surface area contributed by atoms with Crippen molar-refractivity contribution in [3.8, 4) is 6.07 Å². The fraction of sp³-hybridized carbons (Fsp3) is 0.208. The van der Waals surface area contributed by atoms with Crippen LogP contribution in [-0.2, 0) is 30.8 Å². The molecule has 1 aliphatic heterocycles. The molecule has 7 nitrogen and oxygen atoms in total. The molecule has 0 fully saturated rings. The van der Waals surface area contributed by atoms with E-state index in [9.17, 15) is 4.79 Å². The van der Waals surface area contributed by atoms with Crippen LogP contribution < -0.4 is 5.32 Å². The van der Waals surface area contributed by atoms with Crippen molar-refractivity contribution in [3.63, 3.8) is 0 Å². The first-order valence-electron chi connectivity index (χ1n) is 10.2. The SMILES string of the molecule is N#Cc1ccc(CNC(=O)C2Cc3nc[nH]c3CN2Cc2cc3ccccc3o2)cc1. The van der Waals surface area contributed by atoms with Gasteiger partial charge in [0, 0.05) is 24.9 Å². The van der Waals surface area contributed by atoms with Crippen molar-refractivity contribution < 1.29 is 9.21 Å². The molecule has 1 aliphatic rings. The van der Waals surface area contributed by atoms with E-state index in [1.54, 1.807) is 18.5 Å². The maximum atomic E-state index is 13.1. The third kappa shape index (κ3) is 3.93. The van der Waals surface area contributed by atoms with E-state index in [0.717, 1.165) is 33.7 Å². The number of hydrogen-bond donors (Lipinski definition) is 2. The van der Waals surface area contributed by atoms with Gasteiger partial charge in [-0.3, -0.25) is 9.69 Å². The fourth-order valence-electron chi connectivity index (χ4n) is 4.03. The molecule has 1 atom stereocenters. The van der Waals surface area contributed by atoms with Gasteiger partial charge in [0.1, 0.15) is 11.3 Å². The van der Waals surface area contributed by atoms with Gasteiger partial charge in [-0.2, -0.15) is 5.26 Å². The Morgan fingerprint density at radius 1 is 1.26 bits per heavy atom. The zero-order chi connectivity index (χ0) is 21.2. The molecule has 5 rings (SSSR count). The third-order valence-corrected chi connectivity index (χ3v) is 5.68. The number of H-pyrrole nitrogens is 1. The lowest BCUT2D eigenvalue weighted by molar-refractivity contribution is -0.127. The lowest BCUT2D eigenvalue weighted by Crippen LogP contribution is -2.49. The predicted molar refractivity (Wildman–Crippen MR) is 115 cm³/mol. The summed E-state index contributed by atoms with van der Waals surface area (Å²) in [5, 5.41) is 13.0. The summed E-state index contributed by atoms with van der Waals surface area (Å²) in [6.07, 6.45) is 2.22. The molecule has 1 amide bonds. The van der Waals surface area contributed by atoms with Gasteiger partial charge in [-0.25, -0.2) is 4.98 Å². The Hall–Kier alpha value is -3.89. The number of carbonyl (C=O) groups excluding carboxylic acids is 1. The summed E-state index contributed by atoms with van der Waals surface area (Å²) in [6.45, 7) is 1.54. The number of para-hydroxylation sites is 1. The second-order valence-corrected chi connectivity index (χ2v) is 7.73. The number of imidazole rings is 1. The van der Waals surface area contributed by atoms with E-state index >= 15 is 0 Å². The lowest BCUT2D eigenvalue weighted by Gasteiger charge is -2.33. The highest BCUT2D eigenvalue weighted by Gasteiger charge is 2.33. The number of carbonyl (C=O) groups is 1. The third-order valence-electron chi connectivity index (χ3n) is 5.68. The summed E-state index contributed by atoms with van der Waals surface area (Å²) in [5.74, 6) is 0.781. The largest absolute Gasteiger partial charge is 0.460 e. The molecule has 3 heterocycles. The smallest absolute Gasteiger partial charge is 0.238 e. The fourth-order valence-corrected chi connectivity index (χ4v) is 4.03. The summed E-state index contributed by atoms with van der Waals surface area (Å²) in [4.78, 5) is 22.8. The summed E-state index contributed by atoms with van der Waals surface area (Å²) >= 11 is 0. The first kappa shape index (κ1) is 19.1. The van der Waals surface area contributed by atoms with Crippen molar-refractivity contribution in [2.75, 3.05) is 0 Å². The van der Waals surface area contributed by atoms with E-state index in [0.29, 0.717) is 31.6 Å². The van der Waals surface area contributed by atoms with Gasteiger partial charge in [-0.05, 0) is 29.8 Å². The van der Waals surface area contributed by atoms with Gasteiger partial charge in [-0.1, -0.05) is 30.3 Å². The number of nitriles is 1. The Bertz CT molecular complexity index is 1230. The highest BCUT2D eigenvalue weighted by molar-refractivity contribution is 5.82. The maximum absolute atomic E-state index is 13.1. The Kier molecular flexibility index (Phi) is 4.98. The van der Waals surface area contributed by atoms with Gasteiger partial charge in [0.15, 0.2) is 0 Å². The molecule has 2 aromatic heterocycles. The molecule has 7 heteroatoms. The van der Waals surface area contributed by atoms with Crippen LogP contribution in [-0.4, -0.2) is 26.8 Å². The van der Waals surface area contributed by atoms with Crippen LogP contribution in [0.25, 0.3) is 11.0 Å². The predicted octanol–water partition coefficient (Wildman–Crippen LogP) is 3.27. The second kappa shape index (κ2) is 8.09. The van der Waals surface area contributed by atoms with Crippen LogP contribution in [0.1, 0.15) is 28.3 Å². The topological polar surface area (TPSA) is 97.9 Å². The van der Waals surface area contributed by atoms with Crippen molar-refractivity contribution in [1.29, 1.82) is 5.26 Å². The van der Waals surface area contributed by atoms with Crippen LogP contribution in [0.15, 0.2) is 65.3 Å². The van der Waals surface area contributed by atoms with E-state index < -0.39 is 0 Å². The number of amides is 1. The number of aromatic nitrogens is 2. The highest BCUT2D eigenvalue weighted by Crippen LogP contribution is 2.26. The quantitative estimate of drug-likeness (QED) is 0.525. The number of hydrogen-bond acceptors (Lipinski definition) is 5. The Balaban J connectivity index is 1.33. The summed E-state index contributed by atoms with van der Waals surface area (Å²) in [7, 11) is 0. The maximum Gasteiger partial charge on any atom is 0.238 e. The molecule has 31 heavy (non-hydrogen) atoms. The molecule has 0 aliphatic carbocycles.